The Hall–Kier alpha value is -3.88. The number of rotatable bonds is 4. The maximum Gasteiger partial charge on any atom is 0.232 e. The van der Waals surface area contributed by atoms with Gasteiger partial charge in [-0.15, -0.1) is 11.3 Å². The topological polar surface area (TPSA) is 76.1 Å². The van der Waals surface area contributed by atoms with Gasteiger partial charge in [-0.3, -0.25) is 4.79 Å². The predicted molar refractivity (Wildman–Crippen MR) is 148 cm³/mol. The molecule has 0 saturated heterocycles. The summed E-state index contributed by atoms with van der Waals surface area (Å²) in [5, 5.41) is 6.46. The highest BCUT2D eigenvalue weighted by Gasteiger charge is 2.46. The van der Waals surface area contributed by atoms with E-state index >= 15 is 0 Å². The minimum absolute atomic E-state index is 0.226. The first-order valence-corrected chi connectivity index (χ1v) is 14.4. The molecule has 0 unspecified atom stereocenters. The second-order valence-electron chi connectivity index (χ2n) is 9.87. The zero-order valence-electron chi connectivity index (χ0n) is 20.6. The van der Waals surface area contributed by atoms with Crippen molar-refractivity contribution in [2.45, 2.75) is 29.6 Å². The molecule has 2 heterocycles. The number of carbonyl (C=O) groups excluding carboxylic acids is 1. The summed E-state index contributed by atoms with van der Waals surface area (Å²) in [6, 6.07) is 24.1. The Labute approximate surface area is 223 Å². The van der Waals surface area contributed by atoms with Crippen molar-refractivity contribution in [3.63, 3.8) is 0 Å². The number of hydrogen-bond acceptors (Lipinski definition) is 5. The molecule has 1 aliphatic rings. The Morgan fingerprint density at radius 1 is 0.868 bits per heavy atom. The van der Waals surface area contributed by atoms with Crippen molar-refractivity contribution in [1.29, 1.82) is 0 Å². The number of halogens is 1. The summed E-state index contributed by atoms with van der Waals surface area (Å²) in [7, 11) is -3.70. The Balaban J connectivity index is 1.36. The van der Waals surface area contributed by atoms with Crippen molar-refractivity contribution >= 4 is 43.0 Å². The minimum Gasteiger partial charge on any atom is -0.301 e. The fourth-order valence-corrected chi connectivity index (χ4v) is 7.77. The van der Waals surface area contributed by atoms with Gasteiger partial charge in [0.2, 0.25) is 15.7 Å². The average Bonchev–Trinajstić information content (AvgIpc) is 3.37. The molecule has 5 aromatic rings. The second kappa shape index (κ2) is 8.85. The number of nitrogens with one attached hydrogen (secondary N) is 1. The molecule has 0 spiro atoms. The molecule has 1 aromatic heterocycles. The van der Waals surface area contributed by atoms with E-state index in [9.17, 15) is 17.6 Å². The quantitative estimate of drug-likeness (QED) is 0.264. The molecule has 190 valence electrons. The summed E-state index contributed by atoms with van der Waals surface area (Å²) >= 11 is 1.29. The Bertz CT molecular complexity index is 1790. The second-order valence-corrected chi connectivity index (χ2v) is 12.6. The maximum atomic E-state index is 14.3. The summed E-state index contributed by atoms with van der Waals surface area (Å²) < 4.78 is 41.0. The molecule has 38 heavy (non-hydrogen) atoms. The first kappa shape index (κ1) is 24.5. The van der Waals surface area contributed by atoms with Crippen LogP contribution in [0.2, 0.25) is 0 Å². The molecule has 4 aromatic carbocycles. The third-order valence-corrected chi connectivity index (χ3v) is 9.88. The summed E-state index contributed by atoms with van der Waals surface area (Å²) in [5.74, 6) is -1.07. The fraction of sp³-hybridized carbons (Fsp3) is 0.133. The van der Waals surface area contributed by atoms with E-state index in [2.05, 4.69) is 10.3 Å². The van der Waals surface area contributed by atoms with Gasteiger partial charge >= 0.3 is 0 Å². The normalized spacial score (nSPS) is 14.6. The average molecular weight is 543 g/mol. The molecule has 8 heteroatoms. The van der Waals surface area contributed by atoms with Crippen molar-refractivity contribution < 1.29 is 17.6 Å². The number of nitrogens with zero attached hydrogens (tertiary/aromatic N) is 1. The standard InChI is InChI=1S/C30H23FN2O3S2/c1-30(2,27-21-11-5-7-13-25(21)38(35,36)26-14-8-6-12-22(26)27)28(34)33-29-32-24(17-37-29)20-15-16-23(31)19-10-4-3-9-18(19)20/h3-17,27H,1-2H3,(H,32,33,34). The lowest BCUT2D eigenvalue weighted by molar-refractivity contribution is -0.124. The van der Waals surface area contributed by atoms with Crippen LogP contribution in [-0.2, 0) is 14.6 Å². The number of anilines is 1. The lowest BCUT2D eigenvalue weighted by atomic mass is 9.70. The van der Waals surface area contributed by atoms with Gasteiger partial charge in [0.1, 0.15) is 5.82 Å². The molecule has 0 aliphatic carbocycles. The van der Waals surface area contributed by atoms with Crippen LogP contribution in [0.3, 0.4) is 0 Å². The third kappa shape index (κ3) is 3.75. The summed E-state index contributed by atoms with van der Waals surface area (Å²) in [4.78, 5) is 18.9. The highest BCUT2D eigenvalue weighted by Crippen LogP contribution is 2.50. The Kier molecular flexibility index (Phi) is 5.70. The largest absolute Gasteiger partial charge is 0.301 e. The van der Waals surface area contributed by atoms with Gasteiger partial charge < -0.3 is 5.32 Å². The van der Waals surface area contributed by atoms with E-state index < -0.39 is 21.2 Å². The first-order valence-electron chi connectivity index (χ1n) is 12.1. The maximum absolute atomic E-state index is 14.3. The van der Waals surface area contributed by atoms with Gasteiger partial charge in [0.15, 0.2) is 5.13 Å². The summed E-state index contributed by atoms with van der Waals surface area (Å²) in [6.07, 6.45) is 0. The highest BCUT2D eigenvalue weighted by molar-refractivity contribution is 7.91. The Morgan fingerprint density at radius 2 is 1.45 bits per heavy atom. The van der Waals surface area contributed by atoms with Gasteiger partial charge in [0.05, 0.1) is 20.9 Å². The van der Waals surface area contributed by atoms with Gasteiger partial charge in [-0.25, -0.2) is 17.8 Å². The van der Waals surface area contributed by atoms with E-state index in [1.165, 1.54) is 17.4 Å². The van der Waals surface area contributed by atoms with Crippen LogP contribution in [-0.4, -0.2) is 19.3 Å². The van der Waals surface area contributed by atoms with Crippen LogP contribution in [0.5, 0.6) is 0 Å². The van der Waals surface area contributed by atoms with E-state index in [1.54, 1.807) is 66.7 Å². The van der Waals surface area contributed by atoms with Gasteiger partial charge in [-0.1, -0.05) is 74.5 Å². The molecule has 1 N–H and O–H groups in total. The molecular weight excluding hydrogens is 519 g/mol. The molecule has 6 rings (SSSR count). The van der Waals surface area contributed by atoms with Crippen molar-refractivity contribution in [3.05, 3.63) is 107 Å². The lowest BCUT2D eigenvalue weighted by Crippen LogP contribution is -2.39. The van der Waals surface area contributed by atoms with Gasteiger partial charge in [-0.05, 0) is 40.8 Å². The fourth-order valence-electron chi connectivity index (χ4n) is 5.32. The summed E-state index contributed by atoms with van der Waals surface area (Å²) in [5.41, 5.74) is 1.60. The van der Waals surface area contributed by atoms with Gasteiger partial charge in [0, 0.05) is 22.2 Å². The van der Waals surface area contributed by atoms with E-state index in [4.69, 9.17) is 0 Å². The predicted octanol–water partition coefficient (Wildman–Crippen LogP) is 7.05. The van der Waals surface area contributed by atoms with Crippen LogP contribution < -0.4 is 5.32 Å². The van der Waals surface area contributed by atoms with Crippen LogP contribution >= 0.6 is 11.3 Å². The number of sulfone groups is 1. The number of carbonyl (C=O) groups is 1. The van der Waals surface area contributed by atoms with Gasteiger partial charge in [-0.2, -0.15) is 0 Å². The molecule has 0 saturated carbocycles. The monoisotopic (exact) mass is 542 g/mol. The number of benzene rings is 4. The number of aromatic nitrogens is 1. The van der Waals surface area contributed by atoms with Gasteiger partial charge in [0.25, 0.3) is 0 Å². The lowest BCUT2D eigenvalue weighted by Gasteiger charge is -2.38. The SMILES string of the molecule is CC(C)(C(=O)Nc1nc(-c2ccc(F)c3ccccc23)cs1)C1c2ccccc2S(=O)(=O)c2ccccc21. The minimum atomic E-state index is -3.70. The molecule has 0 bridgehead atoms. The van der Waals surface area contributed by atoms with E-state index in [0.29, 0.717) is 27.3 Å². The van der Waals surface area contributed by atoms with Crippen LogP contribution in [0.4, 0.5) is 9.52 Å². The van der Waals surface area contributed by atoms with Crippen molar-refractivity contribution in [2.75, 3.05) is 5.32 Å². The molecule has 1 amide bonds. The van der Waals surface area contributed by atoms with E-state index in [1.807, 2.05) is 31.4 Å². The summed E-state index contributed by atoms with van der Waals surface area (Å²) in [6.45, 7) is 3.64. The first-order chi connectivity index (χ1) is 18.2. The van der Waals surface area contributed by atoms with Crippen molar-refractivity contribution in [1.82, 2.24) is 4.98 Å². The molecule has 0 atom stereocenters. The van der Waals surface area contributed by atoms with E-state index in [-0.39, 0.29) is 21.5 Å². The van der Waals surface area contributed by atoms with Crippen LogP contribution in [0.15, 0.2) is 100 Å². The van der Waals surface area contributed by atoms with Crippen molar-refractivity contribution in [3.8, 4) is 11.3 Å². The zero-order chi connectivity index (χ0) is 26.7. The van der Waals surface area contributed by atoms with E-state index in [0.717, 1.165) is 10.9 Å². The zero-order valence-corrected chi connectivity index (χ0v) is 22.2. The number of fused-ring (bicyclic) bond motifs is 3. The highest BCUT2D eigenvalue weighted by atomic mass is 32.2. The molecule has 1 aliphatic heterocycles. The van der Waals surface area contributed by atoms with Crippen LogP contribution in [0, 0.1) is 11.2 Å². The molecule has 5 nitrogen and oxygen atoms in total. The molecule has 0 radical (unpaired) electrons. The number of thiazole rings is 1. The Morgan fingerprint density at radius 3 is 2.11 bits per heavy atom. The van der Waals surface area contributed by atoms with Crippen LogP contribution in [0.1, 0.15) is 30.9 Å². The molecule has 0 fully saturated rings. The van der Waals surface area contributed by atoms with Crippen LogP contribution in [0.25, 0.3) is 22.0 Å². The number of amides is 1. The van der Waals surface area contributed by atoms with Crippen molar-refractivity contribution in [2.24, 2.45) is 5.41 Å². The molecular formula is C30H23FN2O3S2. The smallest absolute Gasteiger partial charge is 0.232 e. The number of hydrogen-bond donors (Lipinski definition) is 1. The third-order valence-electron chi connectivity index (χ3n) is 7.22.